The molecule has 0 aliphatic heterocycles. The smallest absolute Gasteiger partial charge is 0.150 e. The van der Waals surface area contributed by atoms with Crippen LogP contribution >= 0.6 is 27.5 Å². The number of aromatic nitrogens is 2. The summed E-state index contributed by atoms with van der Waals surface area (Å²) in [5, 5.41) is 4.61. The molecule has 3 aromatic rings. The zero-order chi connectivity index (χ0) is 15.0. The SMILES string of the molecule is Nc1cc(-c2cccc(Br)c2)nn1-c1c(F)cccc1Cl. The van der Waals surface area contributed by atoms with Crippen molar-refractivity contribution in [2.24, 2.45) is 0 Å². The van der Waals surface area contributed by atoms with E-state index in [4.69, 9.17) is 17.3 Å². The molecule has 21 heavy (non-hydrogen) atoms. The number of halogens is 3. The van der Waals surface area contributed by atoms with Crippen molar-refractivity contribution >= 4 is 33.3 Å². The fraction of sp³-hybridized carbons (Fsp3) is 0. The number of benzene rings is 2. The van der Waals surface area contributed by atoms with E-state index in [1.165, 1.54) is 16.8 Å². The van der Waals surface area contributed by atoms with E-state index in [2.05, 4.69) is 21.0 Å². The van der Waals surface area contributed by atoms with Crippen LogP contribution in [-0.2, 0) is 0 Å². The van der Waals surface area contributed by atoms with E-state index < -0.39 is 5.82 Å². The van der Waals surface area contributed by atoms with Crippen molar-refractivity contribution in [2.75, 3.05) is 5.73 Å². The Balaban J connectivity index is 2.15. The molecule has 0 atom stereocenters. The lowest BCUT2D eigenvalue weighted by atomic mass is 10.2. The zero-order valence-electron chi connectivity index (χ0n) is 10.7. The molecule has 2 aromatic carbocycles. The van der Waals surface area contributed by atoms with Crippen molar-refractivity contribution in [3.8, 4) is 16.9 Å². The second-order valence-electron chi connectivity index (χ2n) is 4.45. The van der Waals surface area contributed by atoms with Crippen molar-refractivity contribution in [3.05, 3.63) is 63.8 Å². The maximum Gasteiger partial charge on any atom is 0.150 e. The molecule has 6 heteroatoms. The van der Waals surface area contributed by atoms with Gasteiger partial charge in [0.05, 0.1) is 10.7 Å². The number of hydrogen-bond donors (Lipinski definition) is 1. The third-order valence-corrected chi connectivity index (χ3v) is 3.80. The molecule has 0 radical (unpaired) electrons. The molecule has 0 spiro atoms. The van der Waals surface area contributed by atoms with Crippen molar-refractivity contribution in [1.82, 2.24) is 9.78 Å². The standard InChI is InChI=1S/C15H10BrClFN3/c16-10-4-1-3-9(7-10)13-8-14(19)21(20-13)15-11(17)5-2-6-12(15)18/h1-8H,19H2. The third kappa shape index (κ3) is 2.66. The summed E-state index contributed by atoms with van der Waals surface area (Å²) >= 11 is 9.46. The Morgan fingerprint density at radius 2 is 1.90 bits per heavy atom. The van der Waals surface area contributed by atoms with Gasteiger partial charge in [0, 0.05) is 16.1 Å². The monoisotopic (exact) mass is 365 g/mol. The number of nitrogen functional groups attached to an aromatic ring is 1. The summed E-state index contributed by atoms with van der Waals surface area (Å²) in [7, 11) is 0. The average molecular weight is 367 g/mol. The van der Waals surface area contributed by atoms with Crippen LogP contribution in [0.25, 0.3) is 16.9 Å². The summed E-state index contributed by atoms with van der Waals surface area (Å²) in [6.45, 7) is 0. The van der Waals surface area contributed by atoms with E-state index in [9.17, 15) is 4.39 Å². The molecule has 1 heterocycles. The fourth-order valence-electron chi connectivity index (χ4n) is 2.05. The van der Waals surface area contributed by atoms with E-state index in [-0.39, 0.29) is 10.7 Å². The predicted octanol–water partition coefficient (Wildman–Crippen LogP) is 4.68. The molecular formula is C15H10BrClFN3. The number of anilines is 1. The van der Waals surface area contributed by atoms with Crippen LogP contribution in [0.2, 0.25) is 5.02 Å². The maximum absolute atomic E-state index is 14.0. The molecule has 0 fully saturated rings. The van der Waals surface area contributed by atoms with Crippen LogP contribution in [-0.4, -0.2) is 9.78 Å². The van der Waals surface area contributed by atoms with Crippen molar-refractivity contribution in [3.63, 3.8) is 0 Å². The lowest BCUT2D eigenvalue weighted by Crippen LogP contribution is -2.04. The van der Waals surface area contributed by atoms with Crippen LogP contribution in [0.5, 0.6) is 0 Å². The minimum atomic E-state index is -0.474. The van der Waals surface area contributed by atoms with Gasteiger partial charge in [-0.1, -0.05) is 45.7 Å². The number of para-hydroxylation sites is 1. The molecular weight excluding hydrogens is 357 g/mol. The summed E-state index contributed by atoms with van der Waals surface area (Å²) in [5.41, 5.74) is 7.62. The number of nitrogens with two attached hydrogens (primary N) is 1. The minimum Gasteiger partial charge on any atom is -0.384 e. The largest absolute Gasteiger partial charge is 0.384 e. The van der Waals surface area contributed by atoms with Gasteiger partial charge in [0.1, 0.15) is 17.3 Å². The Kier molecular flexibility index (Phi) is 3.69. The summed E-state index contributed by atoms with van der Waals surface area (Å²) in [4.78, 5) is 0. The summed E-state index contributed by atoms with van der Waals surface area (Å²) in [6, 6.07) is 13.8. The molecule has 0 saturated carbocycles. The van der Waals surface area contributed by atoms with Crippen LogP contribution in [0.4, 0.5) is 10.2 Å². The Hall–Kier alpha value is -1.85. The maximum atomic E-state index is 14.0. The van der Waals surface area contributed by atoms with E-state index in [1.807, 2.05) is 24.3 Å². The lowest BCUT2D eigenvalue weighted by Gasteiger charge is -2.07. The molecule has 2 N–H and O–H groups in total. The summed E-state index contributed by atoms with van der Waals surface area (Å²) in [6.07, 6.45) is 0. The van der Waals surface area contributed by atoms with Gasteiger partial charge >= 0.3 is 0 Å². The van der Waals surface area contributed by atoms with Crippen molar-refractivity contribution < 1.29 is 4.39 Å². The lowest BCUT2D eigenvalue weighted by molar-refractivity contribution is 0.612. The second-order valence-corrected chi connectivity index (χ2v) is 5.77. The highest BCUT2D eigenvalue weighted by Gasteiger charge is 2.15. The van der Waals surface area contributed by atoms with Gasteiger partial charge in [-0.3, -0.25) is 0 Å². The van der Waals surface area contributed by atoms with E-state index in [0.29, 0.717) is 11.5 Å². The molecule has 0 saturated heterocycles. The molecule has 0 bridgehead atoms. The Morgan fingerprint density at radius 3 is 2.62 bits per heavy atom. The highest BCUT2D eigenvalue weighted by molar-refractivity contribution is 9.10. The zero-order valence-corrected chi connectivity index (χ0v) is 13.1. The second kappa shape index (κ2) is 5.50. The van der Waals surface area contributed by atoms with Crippen LogP contribution in [0, 0.1) is 5.82 Å². The first kappa shape index (κ1) is 14.1. The first-order valence-electron chi connectivity index (χ1n) is 6.12. The first-order valence-corrected chi connectivity index (χ1v) is 7.29. The van der Waals surface area contributed by atoms with Gasteiger partial charge in [-0.2, -0.15) is 5.10 Å². The normalized spacial score (nSPS) is 10.8. The van der Waals surface area contributed by atoms with Gasteiger partial charge in [-0.05, 0) is 24.3 Å². The third-order valence-electron chi connectivity index (χ3n) is 3.01. The molecule has 0 aliphatic carbocycles. The van der Waals surface area contributed by atoms with Crippen LogP contribution in [0.1, 0.15) is 0 Å². The van der Waals surface area contributed by atoms with Crippen LogP contribution < -0.4 is 5.73 Å². The highest BCUT2D eigenvalue weighted by atomic mass is 79.9. The average Bonchev–Trinajstić information content (AvgIpc) is 2.81. The molecule has 1 aromatic heterocycles. The number of rotatable bonds is 2. The fourth-order valence-corrected chi connectivity index (χ4v) is 2.70. The van der Waals surface area contributed by atoms with E-state index >= 15 is 0 Å². The van der Waals surface area contributed by atoms with Gasteiger partial charge in [-0.25, -0.2) is 9.07 Å². The number of nitrogens with zero attached hydrogens (tertiary/aromatic N) is 2. The van der Waals surface area contributed by atoms with Gasteiger partial charge in [0.25, 0.3) is 0 Å². The minimum absolute atomic E-state index is 0.151. The molecule has 0 aliphatic rings. The van der Waals surface area contributed by atoms with Gasteiger partial charge < -0.3 is 5.73 Å². The van der Waals surface area contributed by atoms with Gasteiger partial charge in [0.2, 0.25) is 0 Å². The molecule has 106 valence electrons. The van der Waals surface area contributed by atoms with Crippen LogP contribution in [0.3, 0.4) is 0 Å². The van der Waals surface area contributed by atoms with Gasteiger partial charge in [0.15, 0.2) is 0 Å². The van der Waals surface area contributed by atoms with Crippen LogP contribution in [0.15, 0.2) is 53.0 Å². The molecule has 0 amide bonds. The topological polar surface area (TPSA) is 43.8 Å². The Morgan fingerprint density at radius 1 is 1.14 bits per heavy atom. The van der Waals surface area contributed by atoms with E-state index in [0.717, 1.165) is 10.0 Å². The molecule has 3 rings (SSSR count). The van der Waals surface area contributed by atoms with E-state index in [1.54, 1.807) is 12.1 Å². The quantitative estimate of drug-likeness (QED) is 0.716. The number of hydrogen-bond acceptors (Lipinski definition) is 2. The van der Waals surface area contributed by atoms with Crippen molar-refractivity contribution in [1.29, 1.82) is 0 Å². The summed E-state index contributed by atoms with van der Waals surface area (Å²) < 4.78 is 16.2. The van der Waals surface area contributed by atoms with Gasteiger partial charge in [-0.15, -0.1) is 0 Å². The molecule has 0 unspecified atom stereocenters. The first-order chi connectivity index (χ1) is 10.1. The summed E-state index contributed by atoms with van der Waals surface area (Å²) in [5.74, 6) is -0.157. The molecule has 3 nitrogen and oxygen atoms in total. The predicted molar refractivity (Wildman–Crippen MR) is 86.1 cm³/mol. The Labute approximate surface area is 134 Å². The highest BCUT2D eigenvalue weighted by Crippen LogP contribution is 2.29. The Bertz CT molecular complexity index is 796. The van der Waals surface area contributed by atoms with Crippen molar-refractivity contribution in [2.45, 2.75) is 0 Å².